The Bertz CT molecular complexity index is 492. The summed E-state index contributed by atoms with van der Waals surface area (Å²) < 4.78 is 0. The highest BCUT2D eigenvalue weighted by atomic mass is 32.2. The van der Waals surface area contributed by atoms with Crippen molar-refractivity contribution in [1.29, 1.82) is 5.26 Å². The second-order valence-electron chi connectivity index (χ2n) is 2.61. The average Bonchev–Trinajstić information content (AvgIpc) is 2.31. The number of nitriles is 1. The van der Waals surface area contributed by atoms with E-state index in [0.717, 1.165) is 5.03 Å². The van der Waals surface area contributed by atoms with Gasteiger partial charge in [-0.3, -0.25) is 4.98 Å². The molecule has 2 heterocycles. The van der Waals surface area contributed by atoms with Crippen molar-refractivity contribution in [2.24, 2.45) is 0 Å². The molecular formula is C10H6N4S. The van der Waals surface area contributed by atoms with Gasteiger partial charge in [0.05, 0.1) is 11.8 Å². The monoisotopic (exact) mass is 214 g/mol. The van der Waals surface area contributed by atoms with Gasteiger partial charge in [-0.25, -0.2) is 9.97 Å². The molecule has 0 amide bonds. The fourth-order valence-electron chi connectivity index (χ4n) is 0.994. The van der Waals surface area contributed by atoms with Crippen LogP contribution >= 0.6 is 11.8 Å². The van der Waals surface area contributed by atoms with Crippen LogP contribution in [0, 0.1) is 11.3 Å². The third-order valence-electron chi connectivity index (χ3n) is 1.63. The van der Waals surface area contributed by atoms with Crippen molar-refractivity contribution in [3.05, 3.63) is 42.5 Å². The Morgan fingerprint density at radius 1 is 1.20 bits per heavy atom. The summed E-state index contributed by atoms with van der Waals surface area (Å²) in [7, 11) is 0. The van der Waals surface area contributed by atoms with Gasteiger partial charge in [0.1, 0.15) is 16.1 Å². The molecule has 0 radical (unpaired) electrons. The first-order valence-corrected chi connectivity index (χ1v) is 5.01. The normalized spacial score (nSPS) is 9.53. The molecule has 0 aromatic carbocycles. The number of hydrogen-bond donors (Lipinski definition) is 0. The van der Waals surface area contributed by atoms with Gasteiger partial charge in [-0.05, 0) is 23.9 Å². The molecule has 72 valence electrons. The first-order chi connectivity index (χ1) is 7.40. The van der Waals surface area contributed by atoms with E-state index in [-0.39, 0.29) is 0 Å². The van der Waals surface area contributed by atoms with Gasteiger partial charge in [-0.2, -0.15) is 5.26 Å². The Balaban J connectivity index is 2.29. The summed E-state index contributed by atoms with van der Waals surface area (Å²) in [5.74, 6) is 0. The Morgan fingerprint density at radius 3 is 2.87 bits per heavy atom. The van der Waals surface area contributed by atoms with Crippen molar-refractivity contribution >= 4 is 11.8 Å². The van der Waals surface area contributed by atoms with E-state index in [1.807, 2.05) is 0 Å². The number of nitrogens with zero attached hydrogens (tertiary/aromatic N) is 4. The van der Waals surface area contributed by atoms with Crippen molar-refractivity contribution in [2.45, 2.75) is 10.1 Å². The lowest BCUT2D eigenvalue weighted by molar-refractivity contribution is 1.04. The number of pyridine rings is 1. The van der Waals surface area contributed by atoms with Gasteiger partial charge in [0.2, 0.25) is 0 Å². The van der Waals surface area contributed by atoms with Gasteiger partial charge in [-0.15, -0.1) is 0 Å². The van der Waals surface area contributed by atoms with Gasteiger partial charge in [0.15, 0.2) is 0 Å². The maximum atomic E-state index is 8.86. The van der Waals surface area contributed by atoms with E-state index >= 15 is 0 Å². The van der Waals surface area contributed by atoms with Crippen molar-refractivity contribution in [2.75, 3.05) is 0 Å². The summed E-state index contributed by atoms with van der Waals surface area (Å²) in [5.41, 5.74) is 0.549. The van der Waals surface area contributed by atoms with Crippen molar-refractivity contribution in [3.63, 3.8) is 0 Å². The predicted molar refractivity (Wildman–Crippen MR) is 55.1 cm³/mol. The fourth-order valence-corrected chi connectivity index (χ4v) is 1.76. The van der Waals surface area contributed by atoms with Crippen molar-refractivity contribution < 1.29 is 0 Å². The number of hydrogen-bond acceptors (Lipinski definition) is 5. The van der Waals surface area contributed by atoms with Crippen LogP contribution in [0.1, 0.15) is 5.56 Å². The zero-order valence-electron chi connectivity index (χ0n) is 7.66. The molecule has 0 fully saturated rings. The van der Waals surface area contributed by atoms with Gasteiger partial charge < -0.3 is 0 Å². The van der Waals surface area contributed by atoms with Crippen molar-refractivity contribution in [1.82, 2.24) is 15.0 Å². The van der Waals surface area contributed by atoms with Gasteiger partial charge in [0, 0.05) is 18.6 Å². The van der Waals surface area contributed by atoms with E-state index in [9.17, 15) is 0 Å². The topological polar surface area (TPSA) is 62.5 Å². The van der Waals surface area contributed by atoms with Crippen LogP contribution in [-0.2, 0) is 0 Å². The second kappa shape index (κ2) is 4.53. The standard InChI is InChI=1S/C10H6N4S/c11-6-8-2-1-3-14-10(8)15-9-7-12-4-5-13-9/h1-5,7H. The number of rotatable bonds is 2. The zero-order valence-corrected chi connectivity index (χ0v) is 8.48. The summed E-state index contributed by atoms with van der Waals surface area (Å²) in [5, 5.41) is 10.2. The lowest BCUT2D eigenvalue weighted by Gasteiger charge is -1.99. The molecule has 4 nitrogen and oxygen atoms in total. The van der Waals surface area contributed by atoms with Crippen LogP contribution in [0.25, 0.3) is 0 Å². The first kappa shape index (κ1) is 9.62. The van der Waals surface area contributed by atoms with E-state index < -0.39 is 0 Å². The molecule has 0 aliphatic heterocycles. The fraction of sp³-hybridized carbons (Fsp3) is 0. The van der Waals surface area contributed by atoms with E-state index in [4.69, 9.17) is 5.26 Å². The molecule has 0 atom stereocenters. The third-order valence-corrected chi connectivity index (χ3v) is 2.57. The Hall–Kier alpha value is -1.93. The molecule has 15 heavy (non-hydrogen) atoms. The van der Waals surface area contributed by atoms with Gasteiger partial charge in [0.25, 0.3) is 0 Å². The van der Waals surface area contributed by atoms with Gasteiger partial charge in [-0.1, -0.05) is 0 Å². The minimum absolute atomic E-state index is 0.549. The summed E-state index contributed by atoms with van der Waals surface area (Å²) in [6.45, 7) is 0. The highest BCUT2D eigenvalue weighted by Crippen LogP contribution is 2.25. The zero-order chi connectivity index (χ0) is 10.5. The minimum Gasteiger partial charge on any atom is -0.260 e. The molecule has 0 saturated carbocycles. The Morgan fingerprint density at radius 2 is 2.13 bits per heavy atom. The average molecular weight is 214 g/mol. The van der Waals surface area contributed by atoms with Crippen LogP contribution in [0.15, 0.2) is 47.0 Å². The molecule has 5 heteroatoms. The quantitative estimate of drug-likeness (QED) is 0.764. The molecular weight excluding hydrogens is 208 g/mol. The summed E-state index contributed by atoms with van der Waals surface area (Å²) in [4.78, 5) is 12.2. The maximum absolute atomic E-state index is 8.86. The molecule has 2 aromatic heterocycles. The molecule has 2 rings (SSSR count). The van der Waals surface area contributed by atoms with E-state index in [1.54, 1.807) is 36.9 Å². The molecule has 0 bridgehead atoms. The third kappa shape index (κ3) is 2.30. The lowest BCUT2D eigenvalue weighted by atomic mass is 10.3. The Kier molecular flexibility index (Phi) is 2.90. The molecule has 0 N–H and O–H groups in total. The Labute approximate surface area is 91.0 Å². The highest BCUT2D eigenvalue weighted by molar-refractivity contribution is 7.99. The molecule has 2 aromatic rings. The summed E-state index contributed by atoms with van der Waals surface area (Å²) in [6, 6.07) is 5.55. The second-order valence-corrected chi connectivity index (χ2v) is 3.62. The van der Waals surface area contributed by atoms with E-state index in [2.05, 4.69) is 21.0 Å². The highest BCUT2D eigenvalue weighted by Gasteiger charge is 2.05. The van der Waals surface area contributed by atoms with Crippen LogP contribution in [0.4, 0.5) is 0 Å². The van der Waals surface area contributed by atoms with Crippen LogP contribution in [-0.4, -0.2) is 15.0 Å². The molecule has 0 saturated heterocycles. The van der Waals surface area contributed by atoms with E-state index in [0.29, 0.717) is 10.6 Å². The minimum atomic E-state index is 0.549. The summed E-state index contributed by atoms with van der Waals surface area (Å²) in [6.07, 6.45) is 6.51. The molecule has 0 aliphatic rings. The molecule has 0 unspecified atom stereocenters. The molecule has 0 aliphatic carbocycles. The number of aromatic nitrogens is 3. The van der Waals surface area contributed by atoms with Gasteiger partial charge >= 0.3 is 0 Å². The van der Waals surface area contributed by atoms with Crippen LogP contribution in [0.3, 0.4) is 0 Å². The smallest absolute Gasteiger partial charge is 0.121 e. The predicted octanol–water partition coefficient (Wildman–Crippen LogP) is 1.89. The van der Waals surface area contributed by atoms with Crippen molar-refractivity contribution in [3.8, 4) is 6.07 Å². The molecule has 0 spiro atoms. The largest absolute Gasteiger partial charge is 0.260 e. The summed E-state index contributed by atoms with van der Waals surface area (Å²) >= 11 is 1.33. The maximum Gasteiger partial charge on any atom is 0.121 e. The first-order valence-electron chi connectivity index (χ1n) is 4.19. The van der Waals surface area contributed by atoms with Crippen LogP contribution in [0.2, 0.25) is 0 Å². The van der Waals surface area contributed by atoms with Crippen LogP contribution < -0.4 is 0 Å². The van der Waals surface area contributed by atoms with Crippen LogP contribution in [0.5, 0.6) is 0 Å². The SMILES string of the molecule is N#Cc1cccnc1Sc1cnccn1. The lowest BCUT2D eigenvalue weighted by Crippen LogP contribution is -1.87. The van der Waals surface area contributed by atoms with E-state index in [1.165, 1.54) is 11.8 Å².